The SMILES string of the molecule is c1ccc(CN2CCc3c(ncnc3Nc3ccccc3)C2)cc1. The number of hydrogen-bond acceptors (Lipinski definition) is 4. The van der Waals surface area contributed by atoms with Gasteiger partial charge in [0.15, 0.2) is 0 Å². The molecule has 3 aromatic rings. The zero-order valence-electron chi connectivity index (χ0n) is 13.5. The monoisotopic (exact) mass is 316 g/mol. The molecular formula is C20H20N4. The van der Waals surface area contributed by atoms with Gasteiger partial charge in [0.2, 0.25) is 0 Å². The Balaban J connectivity index is 1.51. The van der Waals surface area contributed by atoms with Crippen molar-refractivity contribution >= 4 is 11.5 Å². The molecule has 0 aliphatic carbocycles. The lowest BCUT2D eigenvalue weighted by Gasteiger charge is -2.28. The zero-order valence-corrected chi connectivity index (χ0v) is 13.5. The van der Waals surface area contributed by atoms with Crippen molar-refractivity contribution in [3.63, 3.8) is 0 Å². The van der Waals surface area contributed by atoms with Gasteiger partial charge < -0.3 is 5.32 Å². The van der Waals surface area contributed by atoms with E-state index >= 15 is 0 Å². The first-order valence-corrected chi connectivity index (χ1v) is 8.29. The average Bonchev–Trinajstić information content (AvgIpc) is 2.63. The first-order chi connectivity index (χ1) is 11.9. The third-order valence-corrected chi connectivity index (χ3v) is 4.37. The molecule has 1 aliphatic heterocycles. The van der Waals surface area contributed by atoms with Gasteiger partial charge >= 0.3 is 0 Å². The van der Waals surface area contributed by atoms with Gasteiger partial charge in [-0.3, -0.25) is 4.90 Å². The van der Waals surface area contributed by atoms with Crippen LogP contribution in [0.3, 0.4) is 0 Å². The molecule has 0 fully saturated rings. The number of nitrogens with zero attached hydrogens (tertiary/aromatic N) is 3. The number of anilines is 2. The Labute approximate surface area is 142 Å². The maximum Gasteiger partial charge on any atom is 0.137 e. The van der Waals surface area contributed by atoms with E-state index in [0.29, 0.717) is 0 Å². The van der Waals surface area contributed by atoms with Crippen LogP contribution in [-0.4, -0.2) is 21.4 Å². The van der Waals surface area contributed by atoms with Crippen LogP contribution in [0.15, 0.2) is 67.0 Å². The van der Waals surface area contributed by atoms with Crippen molar-refractivity contribution in [2.75, 3.05) is 11.9 Å². The molecule has 2 aromatic carbocycles. The molecule has 2 heterocycles. The number of para-hydroxylation sites is 1. The topological polar surface area (TPSA) is 41.1 Å². The van der Waals surface area contributed by atoms with Gasteiger partial charge in [-0.2, -0.15) is 0 Å². The van der Waals surface area contributed by atoms with Crippen LogP contribution < -0.4 is 5.32 Å². The van der Waals surface area contributed by atoms with Gasteiger partial charge in [-0.1, -0.05) is 48.5 Å². The van der Waals surface area contributed by atoms with E-state index < -0.39 is 0 Å². The first-order valence-electron chi connectivity index (χ1n) is 8.29. The first kappa shape index (κ1) is 14.8. The van der Waals surface area contributed by atoms with Crippen molar-refractivity contribution in [2.24, 2.45) is 0 Å². The molecule has 1 N–H and O–H groups in total. The van der Waals surface area contributed by atoms with E-state index in [1.807, 2.05) is 18.2 Å². The Kier molecular flexibility index (Phi) is 4.21. The molecule has 1 aromatic heterocycles. The molecule has 0 saturated heterocycles. The van der Waals surface area contributed by atoms with Crippen LogP contribution in [0.1, 0.15) is 16.8 Å². The molecule has 0 radical (unpaired) electrons. The molecule has 0 bridgehead atoms. The summed E-state index contributed by atoms with van der Waals surface area (Å²) in [5.41, 5.74) is 4.78. The van der Waals surface area contributed by atoms with E-state index in [1.54, 1.807) is 6.33 Å². The minimum absolute atomic E-state index is 0.871. The minimum Gasteiger partial charge on any atom is -0.340 e. The third-order valence-electron chi connectivity index (χ3n) is 4.37. The summed E-state index contributed by atoms with van der Waals surface area (Å²) >= 11 is 0. The lowest BCUT2D eigenvalue weighted by Crippen LogP contribution is -2.31. The third kappa shape index (κ3) is 3.29. The fourth-order valence-corrected chi connectivity index (χ4v) is 3.15. The number of aromatic nitrogens is 2. The van der Waals surface area contributed by atoms with E-state index in [-0.39, 0.29) is 0 Å². The molecule has 0 spiro atoms. The van der Waals surface area contributed by atoms with Crippen LogP contribution in [0.5, 0.6) is 0 Å². The molecule has 1 aliphatic rings. The highest BCUT2D eigenvalue weighted by Crippen LogP contribution is 2.25. The normalized spacial score (nSPS) is 14.2. The maximum absolute atomic E-state index is 4.52. The van der Waals surface area contributed by atoms with E-state index in [2.05, 4.69) is 62.6 Å². The van der Waals surface area contributed by atoms with Crippen LogP contribution in [0.4, 0.5) is 11.5 Å². The fourth-order valence-electron chi connectivity index (χ4n) is 3.15. The summed E-state index contributed by atoms with van der Waals surface area (Å²) in [5.74, 6) is 0.936. The Morgan fingerprint density at radius 3 is 2.46 bits per heavy atom. The molecule has 0 atom stereocenters. The second-order valence-corrected chi connectivity index (χ2v) is 6.08. The number of benzene rings is 2. The van der Waals surface area contributed by atoms with Crippen molar-refractivity contribution in [1.82, 2.24) is 14.9 Å². The Bertz CT molecular complexity index is 802. The van der Waals surface area contributed by atoms with Gasteiger partial charge in [0.05, 0.1) is 5.69 Å². The van der Waals surface area contributed by atoms with Gasteiger partial charge in [0.1, 0.15) is 12.1 Å². The van der Waals surface area contributed by atoms with Gasteiger partial charge in [-0.15, -0.1) is 0 Å². The van der Waals surface area contributed by atoms with E-state index in [4.69, 9.17) is 0 Å². The molecule has 4 heteroatoms. The quantitative estimate of drug-likeness (QED) is 0.795. The predicted molar refractivity (Wildman–Crippen MR) is 96.0 cm³/mol. The van der Waals surface area contributed by atoms with E-state index in [0.717, 1.165) is 43.3 Å². The van der Waals surface area contributed by atoms with Crippen LogP contribution in [0.25, 0.3) is 0 Å². The standard InChI is InChI=1S/C20H20N4/c1-3-7-16(8-4-1)13-24-12-11-18-19(14-24)21-15-22-20(18)23-17-9-5-2-6-10-17/h1-10,15H,11-14H2,(H,21,22,23). The van der Waals surface area contributed by atoms with Crippen LogP contribution in [-0.2, 0) is 19.5 Å². The molecular weight excluding hydrogens is 296 g/mol. The summed E-state index contributed by atoms with van der Waals surface area (Å²) < 4.78 is 0. The second-order valence-electron chi connectivity index (χ2n) is 6.08. The van der Waals surface area contributed by atoms with E-state index in [9.17, 15) is 0 Å². The average molecular weight is 316 g/mol. The largest absolute Gasteiger partial charge is 0.340 e. The molecule has 0 unspecified atom stereocenters. The highest BCUT2D eigenvalue weighted by molar-refractivity contribution is 5.60. The van der Waals surface area contributed by atoms with Crippen LogP contribution in [0, 0.1) is 0 Å². The minimum atomic E-state index is 0.871. The zero-order chi connectivity index (χ0) is 16.2. The maximum atomic E-state index is 4.52. The fraction of sp³-hybridized carbons (Fsp3) is 0.200. The highest BCUT2D eigenvalue weighted by atomic mass is 15.1. The van der Waals surface area contributed by atoms with Gasteiger partial charge in [0.25, 0.3) is 0 Å². The molecule has 0 amide bonds. The highest BCUT2D eigenvalue weighted by Gasteiger charge is 2.20. The summed E-state index contributed by atoms with van der Waals surface area (Å²) in [7, 11) is 0. The van der Waals surface area contributed by atoms with Crippen molar-refractivity contribution in [3.8, 4) is 0 Å². The summed E-state index contributed by atoms with van der Waals surface area (Å²) in [6.45, 7) is 2.86. The van der Waals surface area contributed by atoms with Crippen LogP contribution >= 0.6 is 0 Å². The van der Waals surface area contributed by atoms with Gasteiger partial charge in [0, 0.05) is 30.9 Å². The number of hydrogen-bond donors (Lipinski definition) is 1. The number of fused-ring (bicyclic) bond motifs is 1. The van der Waals surface area contributed by atoms with Crippen molar-refractivity contribution in [3.05, 3.63) is 83.8 Å². The van der Waals surface area contributed by atoms with Gasteiger partial charge in [-0.25, -0.2) is 9.97 Å². The second kappa shape index (κ2) is 6.81. The Morgan fingerprint density at radius 2 is 1.67 bits per heavy atom. The summed E-state index contributed by atoms with van der Waals surface area (Å²) in [5, 5.41) is 3.43. The number of rotatable bonds is 4. The summed E-state index contributed by atoms with van der Waals surface area (Å²) in [6.07, 6.45) is 2.63. The lowest BCUT2D eigenvalue weighted by atomic mass is 10.0. The van der Waals surface area contributed by atoms with E-state index in [1.165, 1.54) is 11.1 Å². The molecule has 0 saturated carbocycles. The van der Waals surface area contributed by atoms with Crippen molar-refractivity contribution < 1.29 is 0 Å². The molecule has 4 rings (SSSR count). The lowest BCUT2D eigenvalue weighted by molar-refractivity contribution is 0.241. The number of nitrogens with one attached hydrogen (secondary N) is 1. The van der Waals surface area contributed by atoms with Crippen molar-refractivity contribution in [2.45, 2.75) is 19.5 Å². The smallest absolute Gasteiger partial charge is 0.137 e. The molecule has 24 heavy (non-hydrogen) atoms. The molecule has 120 valence electrons. The van der Waals surface area contributed by atoms with Crippen LogP contribution in [0.2, 0.25) is 0 Å². The molecule has 4 nitrogen and oxygen atoms in total. The summed E-state index contributed by atoms with van der Waals surface area (Å²) in [4.78, 5) is 11.4. The van der Waals surface area contributed by atoms with Gasteiger partial charge in [-0.05, 0) is 24.1 Å². The predicted octanol–water partition coefficient (Wildman–Crippen LogP) is 3.78. The Morgan fingerprint density at radius 1 is 0.917 bits per heavy atom. The Hall–Kier alpha value is -2.72. The summed E-state index contributed by atoms with van der Waals surface area (Å²) in [6, 6.07) is 20.8. The van der Waals surface area contributed by atoms with Crippen molar-refractivity contribution in [1.29, 1.82) is 0 Å².